The van der Waals surface area contributed by atoms with Crippen LogP contribution in [0.4, 0.5) is 4.79 Å². The second-order valence-corrected chi connectivity index (χ2v) is 7.27. The van der Waals surface area contributed by atoms with E-state index in [0.717, 1.165) is 30.2 Å². The van der Waals surface area contributed by atoms with E-state index >= 15 is 0 Å². The molecule has 2 fully saturated rings. The largest absolute Gasteiger partial charge is 0.325 e. The van der Waals surface area contributed by atoms with Gasteiger partial charge in [-0.1, -0.05) is 6.92 Å². The van der Waals surface area contributed by atoms with E-state index in [0.29, 0.717) is 13.0 Å². The minimum absolute atomic E-state index is 0.0810. The summed E-state index contributed by atoms with van der Waals surface area (Å²) in [4.78, 5) is 32.8. The second-order valence-electron chi connectivity index (χ2n) is 6.33. The van der Waals surface area contributed by atoms with Crippen molar-refractivity contribution < 1.29 is 9.59 Å². The van der Waals surface area contributed by atoms with E-state index in [1.807, 2.05) is 13.8 Å². The van der Waals surface area contributed by atoms with E-state index in [4.69, 9.17) is 0 Å². The molecule has 0 aliphatic carbocycles. The number of likely N-dealkylation sites (tertiary alicyclic amines) is 1. The first-order chi connectivity index (χ1) is 10.4. The molecule has 7 heteroatoms. The highest BCUT2D eigenvalue weighted by Gasteiger charge is 2.55. The summed E-state index contributed by atoms with van der Waals surface area (Å²) in [5, 5.41) is 6.14. The zero-order chi connectivity index (χ0) is 15.9. The van der Waals surface area contributed by atoms with Gasteiger partial charge in [0.2, 0.25) is 0 Å². The lowest BCUT2D eigenvalue weighted by Crippen LogP contribution is -2.49. The Hall–Kier alpha value is -1.47. The quantitative estimate of drug-likeness (QED) is 0.855. The Morgan fingerprint density at radius 3 is 2.82 bits per heavy atom. The number of aromatic nitrogens is 1. The smallest absolute Gasteiger partial charge is 0.322 e. The predicted octanol–water partition coefficient (Wildman–Crippen LogP) is 1.61. The summed E-state index contributed by atoms with van der Waals surface area (Å²) in [5.74, 6) is -0.0810. The second kappa shape index (κ2) is 5.62. The Balaban J connectivity index is 1.69. The molecule has 3 rings (SSSR count). The van der Waals surface area contributed by atoms with Crippen molar-refractivity contribution >= 4 is 23.3 Å². The molecule has 1 atom stereocenters. The first-order valence-electron chi connectivity index (χ1n) is 7.76. The third-order valence-electron chi connectivity index (χ3n) is 4.35. The molecule has 0 bridgehead atoms. The average molecular weight is 322 g/mol. The number of thiazole rings is 1. The van der Waals surface area contributed by atoms with Gasteiger partial charge in [0.25, 0.3) is 5.91 Å². The van der Waals surface area contributed by atoms with Crippen LogP contribution < -0.4 is 5.32 Å². The highest BCUT2D eigenvalue weighted by molar-refractivity contribution is 7.09. The van der Waals surface area contributed by atoms with Crippen LogP contribution in [0.15, 0.2) is 5.38 Å². The fraction of sp³-hybridized carbons (Fsp3) is 0.667. The Morgan fingerprint density at radius 1 is 1.45 bits per heavy atom. The zero-order valence-corrected chi connectivity index (χ0v) is 14.1. The molecule has 3 heterocycles. The van der Waals surface area contributed by atoms with Crippen molar-refractivity contribution in [2.45, 2.75) is 51.7 Å². The number of nitrogens with one attached hydrogen (secondary N) is 1. The molecule has 0 unspecified atom stereocenters. The van der Waals surface area contributed by atoms with Crippen molar-refractivity contribution in [3.05, 3.63) is 16.1 Å². The van der Waals surface area contributed by atoms with Gasteiger partial charge in [-0.15, -0.1) is 11.3 Å². The molecule has 0 radical (unpaired) electrons. The zero-order valence-electron chi connectivity index (χ0n) is 13.3. The summed E-state index contributed by atoms with van der Waals surface area (Å²) in [6.07, 6.45) is 1.62. The molecule has 1 N–H and O–H groups in total. The van der Waals surface area contributed by atoms with Gasteiger partial charge >= 0.3 is 6.03 Å². The fourth-order valence-corrected chi connectivity index (χ4v) is 3.96. The fourth-order valence-electron chi connectivity index (χ4n) is 3.22. The molecule has 0 aromatic carbocycles. The summed E-state index contributed by atoms with van der Waals surface area (Å²) < 4.78 is 0. The monoisotopic (exact) mass is 322 g/mol. The van der Waals surface area contributed by atoms with E-state index in [1.54, 1.807) is 11.3 Å². The van der Waals surface area contributed by atoms with Crippen LogP contribution in [0.25, 0.3) is 0 Å². The SMILES string of the molecule is CCc1nc(CN2CC[C@@]3(C2)NC(=O)N(C(C)C)C3=O)cs1. The predicted molar refractivity (Wildman–Crippen MR) is 84.6 cm³/mol. The molecule has 2 saturated heterocycles. The molecule has 1 spiro atoms. The van der Waals surface area contributed by atoms with Gasteiger partial charge < -0.3 is 5.32 Å². The number of imide groups is 1. The number of aryl methyl sites for hydroxylation is 1. The topological polar surface area (TPSA) is 65.5 Å². The molecule has 1 aromatic rings. The minimum atomic E-state index is -0.731. The van der Waals surface area contributed by atoms with Crippen molar-refractivity contribution in [2.24, 2.45) is 0 Å². The molecule has 2 aliphatic heterocycles. The summed E-state index contributed by atoms with van der Waals surface area (Å²) in [6, 6.07) is -0.365. The van der Waals surface area contributed by atoms with Crippen LogP contribution in [-0.4, -0.2) is 51.4 Å². The number of amides is 3. The number of carbonyl (C=O) groups excluding carboxylic acids is 2. The Morgan fingerprint density at radius 2 is 2.23 bits per heavy atom. The van der Waals surface area contributed by atoms with Crippen LogP contribution >= 0.6 is 11.3 Å². The molecule has 6 nitrogen and oxygen atoms in total. The molecule has 1 aromatic heterocycles. The van der Waals surface area contributed by atoms with Gasteiger partial charge in [0.1, 0.15) is 5.54 Å². The third kappa shape index (κ3) is 2.52. The maximum Gasteiger partial charge on any atom is 0.325 e. The van der Waals surface area contributed by atoms with Crippen LogP contribution in [-0.2, 0) is 17.8 Å². The first kappa shape index (κ1) is 15.4. The van der Waals surface area contributed by atoms with Crippen LogP contribution in [0.5, 0.6) is 0 Å². The molecule has 0 saturated carbocycles. The van der Waals surface area contributed by atoms with E-state index in [-0.39, 0.29) is 18.0 Å². The van der Waals surface area contributed by atoms with E-state index in [9.17, 15) is 9.59 Å². The number of hydrogen-bond donors (Lipinski definition) is 1. The summed E-state index contributed by atoms with van der Waals surface area (Å²) in [5.41, 5.74) is 0.321. The number of rotatable bonds is 4. The highest BCUT2D eigenvalue weighted by Crippen LogP contribution is 2.30. The first-order valence-corrected chi connectivity index (χ1v) is 8.64. The maximum atomic E-state index is 12.6. The van der Waals surface area contributed by atoms with Crippen LogP contribution in [0.3, 0.4) is 0 Å². The van der Waals surface area contributed by atoms with Crippen molar-refractivity contribution in [3.8, 4) is 0 Å². The maximum absolute atomic E-state index is 12.6. The van der Waals surface area contributed by atoms with Crippen molar-refractivity contribution in [3.63, 3.8) is 0 Å². The Kier molecular flexibility index (Phi) is 3.94. The van der Waals surface area contributed by atoms with E-state index in [2.05, 4.69) is 27.5 Å². The molecule has 2 aliphatic rings. The van der Waals surface area contributed by atoms with Gasteiger partial charge in [-0.3, -0.25) is 14.6 Å². The lowest BCUT2D eigenvalue weighted by molar-refractivity contribution is -0.132. The molecule has 22 heavy (non-hydrogen) atoms. The highest BCUT2D eigenvalue weighted by atomic mass is 32.1. The van der Waals surface area contributed by atoms with Crippen LogP contribution in [0.2, 0.25) is 0 Å². The summed E-state index contributed by atoms with van der Waals surface area (Å²) >= 11 is 1.68. The number of hydrogen-bond acceptors (Lipinski definition) is 5. The molecule has 3 amide bonds. The van der Waals surface area contributed by atoms with Crippen LogP contribution in [0.1, 0.15) is 37.9 Å². The van der Waals surface area contributed by atoms with Gasteiger partial charge in [0.05, 0.1) is 10.7 Å². The van der Waals surface area contributed by atoms with Crippen molar-refractivity contribution in [1.82, 2.24) is 20.1 Å². The number of urea groups is 1. The number of nitrogens with zero attached hydrogens (tertiary/aromatic N) is 3. The molecular formula is C15H22N4O2S. The third-order valence-corrected chi connectivity index (χ3v) is 5.39. The van der Waals surface area contributed by atoms with Gasteiger partial charge in [-0.25, -0.2) is 9.78 Å². The molecular weight excluding hydrogens is 300 g/mol. The standard InChI is InChI=1S/C15H22N4O2S/c1-4-12-16-11(8-22-12)7-18-6-5-15(9-18)13(20)19(10(2)3)14(21)17-15/h8,10H,4-7,9H2,1-3H3,(H,17,21)/t15-/m0/s1. The van der Waals surface area contributed by atoms with Crippen molar-refractivity contribution in [2.75, 3.05) is 13.1 Å². The van der Waals surface area contributed by atoms with Gasteiger partial charge in [-0.2, -0.15) is 0 Å². The minimum Gasteiger partial charge on any atom is -0.322 e. The lowest BCUT2D eigenvalue weighted by atomic mass is 9.98. The summed E-state index contributed by atoms with van der Waals surface area (Å²) in [6.45, 7) is 7.94. The Bertz CT molecular complexity index is 600. The van der Waals surface area contributed by atoms with Crippen molar-refractivity contribution in [1.29, 1.82) is 0 Å². The normalized spacial score (nSPS) is 25.7. The van der Waals surface area contributed by atoms with E-state index in [1.165, 1.54) is 4.90 Å². The summed E-state index contributed by atoms with van der Waals surface area (Å²) in [7, 11) is 0. The van der Waals surface area contributed by atoms with Gasteiger partial charge in [0, 0.05) is 31.1 Å². The average Bonchev–Trinajstić information content (AvgIpc) is 3.12. The van der Waals surface area contributed by atoms with Gasteiger partial charge in [0.15, 0.2) is 0 Å². The van der Waals surface area contributed by atoms with Crippen LogP contribution in [0, 0.1) is 0 Å². The lowest BCUT2D eigenvalue weighted by Gasteiger charge is -2.23. The molecule has 120 valence electrons. The van der Waals surface area contributed by atoms with E-state index < -0.39 is 5.54 Å². The number of carbonyl (C=O) groups is 2. The van der Waals surface area contributed by atoms with Gasteiger partial charge in [-0.05, 0) is 26.7 Å². The Labute approximate surface area is 134 Å².